The highest BCUT2D eigenvalue weighted by molar-refractivity contribution is 6.00. The Morgan fingerprint density at radius 2 is 1.63 bits per heavy atom. The maximum atomic E-state index is 14.2. The van der Waals surface area contributed by atoms with E-state index in [1.807, 2.05) is 45.1 Å². The summed E-state index contributed by atoms with van der Waals surface area (Å²) in [4.78, 5) is 47.3. The van der Waals surface area contributed by atoms with Gasteiger partial charge in [-0.15, -0.1) is 0 Å². The van der Waals surface area contributed by atoms with Gasteiger partial charge in [-0.2, -0.15) is 0 Å². The second-order valence-corrected chi connectivity index (χ2v) is 10.6. The zero-order valence-electron chi connectivity index (χ0n) is 21.6. The van der Waals surface area contributed by atoms with E-state index in [0.29, 0.717) is 32.6 Å². The van der Waals surface area contributed by atoms with Crippen LogP contribution < -0.4 is 0 Å². The number of carbonyl (C=O) groups is 3. The molecular weight excluding hydrogens is 446 g/mol. The molecule has 4 aliphatic rings. The van der Waals surface area contributed by atoms with Crippen molar-refractivity contribution in [3.63, 3.8) is 0 Å². The molecule has 0 aromatic carbocycles. The Labute approximate surface area is 208 Å². The molecule has 0 saturated carbocycles. The van der Waals surface area contributed by atoms with Crippen LogP contribution in [0.2, 0.25) is 0 Å². The number of fused-ring (bicyclic) bond motifs is 2. The number of aliphatic hydroxyl groups excluding tert-OH is 1. The molecule has 1 unspecified atom stereocenters. The lowest BCUT2D eigenvalue weighted by atomic mass is 9.74. The second kappa shape index (κ2) is 10.1. The molecule has 35 heavy (non-hydrogen) atoms. The average molecular weight is 488 g/mol. The molecular formula is C27H41N3O5. The van der Waals surface area contributed by atoms with Gasteiger partial charge in [-0.3, -0.25) is 14.4 Å². The summed E-state index contributed by atoms with van der Waals surface area (Å²) in [7, 11) is 0. The summed E-state index contributed by atoms with van der Waals surface area (Å²) in [5.74, 6) is -2.07. The van der Waals surface area contributed by atoms with Gasteiger partial charge in [0.05, 0.1) is 30.1 Å². The van der Waals surface area contributed by atoms with Gasteiger partial charge in [0.15, 0.2) is 0 Å². The third-order valence-electron chi connectivity index (χ3n) is 8.26. The molecule has 8 nitrogen and oxygen atoms in total. The predicted molar refractivity (Wildman–Crippen MR) is 132 cm³/mol. The summed E-state index contributed by atoms with van der Waals surface area (Å²) in [6, 6.07) is -1.41. The maximum Gasteiger partial charge on any atom is 0.249 e. The number of rotatable bonds is 9. The highest BCUT2D eigenvalue weighted by Gasteiger charge is 2.75. The minimum Gasteiger partial charge on any atom is -0.394 e. The summed E-state index contributed by atoms with van der Waals surface area (Å²) in [5.41, 5.74) is -2.24. The number of carbonyl (C=O) groups excluding carboxylic acids is 3. The average Bonchev–Trinajstić information content (AvgIpc) is 3.11. The third-order valence-corrected chi connectivity index (χ3v) is 8.26. The predicted octanol–water partition coefficient (Wildman–Crippen LogP) is 2.13. The molecule has 3 amide bonds. The molecule has 1 N–H and O–H groups in total. The van der Waals surface area contributed by atoms with E-state index >= 15 is 0 Å². The van der Waals surface area contributed by atoms with Crippen LogP contribution in [0, 0.1) is 11.8 Å². The van der Waals surface area contributed by atoms with E-state index in [-0.39, 0.29) is 24.3 Å². The van der Waals surface area contributed by atoms with Gasteiger partial charge in [0.2, 0.25) is 17.7 Å². The normalized spacial score (nSPS) is 35.2. The Morgan fingerprint density at radius 1 is 0.943 bits per heavy atom. The number of unbranched alkanes of at least 4 members (excludes halogenated alkanes) is 2. The minimum absolute atomic E-state index is 0.0999. The molecule has 0 aromatic heterocycles. The van der Waals surface area contributed by atoms with Gasteiger partial charge in [-0.05, 0) is 26.2 Å². The van der Waals surface area contributed by atoms with Crippen LogP contribution in [0.15, 0.2) is 24.3 Å². The molecule has 2 saturated heterocycles. The van der Waals surface area contributed by atoms with Crippen molar-refractivity contribution in [3.05, 3.63) is 24.3 Å². The Kier molecular flexibility index (Phi) is 7.44. The molecule has 4 rings (SSSR count). The summed E-state index contributed by atoms with van der Waals surface area (Å²) >= 11 is 0. The third kappa shape index (κ3) is 4.02. The molecule has 0 aromatic rings. The number of likely N-dealkylation sites (tertiary alicyclic amines) is 1. The van der Waals surface area contributed by atoms with Gasteiger partial charge in [-0.1, -0.05) is 57.9 Å². The zero-order chi connectivity index (χ0) is 25.4. The van der Waals surface area contributed by atoms with Gasteiger partial charge >= 0.3 is 0 Å². The Balaban J connectivity index is 1.82. The van der Waals surface area contributed by atoms with Crippen LogP contribution in [0.25, 0.3) is 0 Å². The van der Waals surface area contributed by atoms with Crippen molar-refractivity contribution in [2.75, 3.05) is 32.8 Å². The smallest absolute Gasteiger partial charge is 0.249 e. The lowest BCUT2D eigenvalue weighted by Gasteiger charge is -2.40. The second-order valence-electron chi connectivity index (χ2n) is 10.6. The first kappa shape index (κ1) is 25.9. The largest absolute Gasteiger partial charge is 0.394 e. The summed E-state index contributed by atoms with van der Waals surface area (Å²) < 4.78 is 6.80. The van der Waals surface area contributed by atoms with E-state index in [4.69, 9.17) is 4.74 Å². The number of aliphatic hydroxyl groups is 1. The highest BCUT2D eigenvalue weighted by Crippen LogP contribution is 2.57. The fraction of sp³-hybridized carbons (Fsp3) is 0.741. The molecule has 8 heteroatoms. The first-order valence-corrected chi connectivity index (χ1v) is 13.4. The molecule has 0 bridgehead atoms. The van der Waals surface area contributed by atoms with E-state index in [9.17, 15) is 19.5 Å². The summed E-state index contributed by atoms with van der Waals surface area (Å²) in [5, 5.41) is 10.2. The SMILES string of the molecule is CCCCCN1CC=C[C@]23O[C@@]4(C)C=CCN(CCC)C(=O)[C@H]4[C@H]2C(=O)N([C@@H](CC)CO)C3C1=O. The van der Waals surface area contributed by atoms with Crippen LogP contribution in [-0.4, -0.2) is 93.6 Å². The summed E-state index contributed by atoms with van der Waals surface area (Å²) in [6.45, 7) is 9.82. The number of ether oxygens (including phenoxy) is 1. The van der Waals surface area contributed by atoms with Crippen LogP contribution in [0.3, 0.4) is 0 Å². The monoisotopic (exact) mass is 487 g/mol. The van der Waals surface area contributed by atoms with Crippen molar-refractivity contribution >= 4 is 17.7 Å². The molecule has 4 aliphatic heterocycles. The lowest BCUT2D eigenvalue weighted by Crippen LogP contribution is -2.58. The summed E-state index contributed by atoms with van der Waals surface area (Å²) in [6.07, 6.45) is 12.0. The van der Waals surface area contributed by atoms with Crippen LogP contribution in [0.5, 0.6) is 0 Å². The quantitative estimate of drug-likeness (QED) is 0.398. The van der Waals surface area contributed by atoms with Crippen molar-refractivity contribution in [2.24, 2.45) is 11.8 Å². The molecule has 194 valence electrons. The Hall–Kier alpha value is -2.19. The molecule has 0 aliphatic carbocycles. The van der Waals surface area contributed by atoms with Crippen LogP contribution >= 0.6 is 0 Å². The maximum absolute atomic E-state index is 14.2. The number of nitrogens with zero attached hydrogens (tertiary/aromatic N) is 3. The van der Waals surface area contributed by atoms with Gasteiger partial charge in [0.1, 0.15) is 11.6 Å². The molecule has 2 fully saturated rings. The topological polar surface area (TPSA) is 90.4 Å². The minimum atomic E-state index is -1.25. The van der Waals surface area contributed by atoms with Crippen molar-refractivity contribution in [3.8, 4) is 0 Å². The van der Waals surface area contributed by atoms with E-state index in [2.05, 4.69) is 6.92 Å². The Morgan fingerprint density at radius 3 is 2.26 bits per heavy atom. The van der Waals surface area contributed by atoms with Gasteiger partial charge in [-0.25, -0.2) is 0 Å². The molecule has 6 atom stereocenters. The standard InChI is InChI=1S/C27H41N3O5/c1-5-8-9-15-29-17-11-13-27-21(24(33)30(19(7-3)18-31)22(27)25(29)34)20-23(32)28(14-6-2)16-10-12-26(20,4)35-27/h10-13,19-22,31H,5-9,14-18H2,1-4H3/t19-,20+,21-,22?,26-,27-/m0/s1. The van der Waals surface area contributed by atoms with Crippen LogP contribution in [0.1, 0.15) is 59.8 Å². The van der Waals surface area contributed by atoms with Crippen molar-refractivity contribution < 1.29 is 24.2 Å². The first-order valence-electron chi connectivity index (χ1n) is 13.4. The van der Waals surface area contributed by atoms with Gasteiger partial charge < -0.3 is 24.5 Å². The van der Waals surface area contributed by atoms with Gasteiger partial charge in [0.25, 0.3) is 0 Å². The van der Waals surface area contributed by atoms with E-state index < -0.39 is 35.1 Å². The van der Waals surface area contributed by atoms with Crippen molar-refractivity contribution in [2.45, 2.75) is 83.1 Å². The first-order chi connectivity index (χ1) is 16.8. The fourth-order valence-corrected chi connectivity index (χ4v) is 6.59. The molecule has 0 radical (unpaired) electrons. The van der Waals surface area contributed by atoms with E-state index in [0.717, 1.165) is 25.7 Å². The van der Waals surface area contributed by atoms with Crippen molar-refractivity contribution in [1.82, 2.24) is 14.7 Å². The van der Waals surface area contributed by atoms with Crippen molar-refractivity contribution in [1.29, 1.82) is 0 Å². The fourth-order valence-electron chi connectivity index (χ4n) is 6.59. The van der Waals surface area contributed by atoms with Crippen LogP contribution in [0.4, 0.5) is 0 Å². The van der Waals surface area contributed by atoms with Gasteiger partial charge in [0, 0.05) is 26.2 Å². The number of hydrogen-bond acceptors (Lipinski definition) is 5. The molecule has 4 heterocycles. The Bertz CT molecular complexity index is 899. The highest BCUT2D eigenvalue weighted by atomic mass is 16.5. The molecule has 1 spiro atoms. The number of amides is 3. The van der Waals surface area contributed by atoms with E-state index in [1.165, 1.54) is 0 Å². The zero-order valence-corrected chi connectivity index (χ0v) is 21.6. The van der Waals surface area contributed by atoms with Crippen LogP contribution in [-0.2, 0) is 19.1 Å². The number of hydrogen-bond donors (Lipinski definition) is 1. The lowest BCUT2D eigenvalue weighted by molar-refractivity contribution is -0.155. The van der Waals surface area contributed by atoms with E-state index in [1.54, 1.807) is 14.7 Å².